The molecule has 2 fully saturated rings. The fourth-order valence-electron chi connectivity index (χ4n) is 3.60. The van der Waals surface area contributed by atoms with Gasteiger partial charge in [-0.2, -0.15) is 22.3 Å². The first kappa shape index (κ1) is 17.2. The minimum atomic E-state index is -3.89. The monoisotopic (exact) mass is 329 g/mol. The zero-order valence-electron chi connectivity index (χ0n) is 13.0. The zero-order chi connectivity index (χ0) is 16.5. The maximum absolute atomic E-state index is 12.9. The molecule has 0 radical (unpaired) electrons. The third-order valence-corrected chi connectivity index (χ3v) is 7.10. The van der Waals surface area contributed by atoms with Crippen LogP contribution in [0.4, 0.5) is 0 Å². The summed E-state index contributed by atoms with van der Waals surface area (Å²) < 4.78 is 28.1. The van der Waals surface area contributed by atoms with E-state index in [-0.39, 0.29) is 18.4 Å². The predicted octanol–water partition coefficient (Wildman–Crippen LogP) is 1.18. The average molecular weight is 329 g/mol. The lowest BCUT2D eigenvalue weighted by molar-refractivity contribution is -0.141. The Labute approximate surface area is 131 Å². The molecule has 4 atom stereocenters. The quantitative estimate of drug-likeness (QED) is 0.816. The van der Waals surface area contributed by atoms with Crippen molar-refractivity contribution in [1.29, 1.82) is 5.26 Å². The molecule has 0 aromatic heterocycles. The molecule has 1 aliphatic carbocycles. The highest BCUT2D eigenvalue weighted by molar-refractivity contribution is 7.86. The SMILES string of the molecule is CC(CC#N)N(C)S(=O)(=O)N1C(C(=O)O)CC2CCCCC21. The van der Waals surface area contributed by atoms with Gasteiger partial charge in [0, 0.05) is 19.1 Å². The molecule has 0 aromatic rings. The van der Waals surface area contributed by atoms with Gasteiger partial charge < -0.3 is 5.11 Å². The Morgan fingerprint density at radius 1 is 1.45 bits per heavy atom. The van der Waals surface area contributed by atoms with Crippen LogP contribution in [0.5, 0.6) is 0 Å². The van der Waals surface area contributed by atoms with E-state index in [0.29, 0.717) is 12.8 Å². The highest BCUT2D eigenvalue weighted by atomic mass is 32.2. The Morgan fingerprint density at radius 3 is 2.68 bits per heavy atom. The van der Waals surface area contributed by atoms with Crippen LogP contribution < -0.4 is 0 Å². The van der Waals surface area contributed by atoms with E-state index >= 15 is 0 Å². The number of aliphatic carboxylic acids is 1. The number of hydrogen-bond acceptors (Lipinski definition) is 4. The summed E-state index contributed by atoms with van der Waals surface area (Å²) in [5.74, 6) is -0.955. The van der Waals surface area contributed by atoms with Gasteiger partial charge in [-0.25, -0.2) is 0 Å². The molecule has 22 heavy (non-hydrogen) atoms. The van der Waals surface area contributed by atoms with Gasteiger partial charge in [0.2, 0.25) is 0 Å². The first-order chi connectivity index (χ1) is 10.3. The van der Waals surface area contributed by atoms with Crippen molar-refractivity contribution >= 4 is 16.2 Å². The van der Waals surface area contributed by atoms with Gasteiger partial charge in [0.15, 0.2) is 0 Å². The number of nitriles is 1. The van der Waals surface area contributed by atoms with E-state index in [0.717, 1.165) is 23.6 Å². The maximum Gasteiger partial charge on any atom is 0.322 e. The van der Waals surface area contributed by atoms with E-state index in [1.807, 2.05) is 6.07 Å². The van der Waals surface area contributed by atoms with Crippen molar-refractivity contribution in [3.05, 3.63) is 0 Å². The number of nitrogens with zero attached hydrogens (tertiary/aromatic N) is 3. The van der Waals surface area contributed by atoms with Crippen molar-refractivity contribution in [2.75, 3.05) is 7.05 Å². The number of rotatable bonds is 5. The molecule has 4 unspecified atom stereocenters. The average Bonchev–Trinajstić information content (AvgIpc) is 2.87. The molecule has 7 nitrogen and oxygen atoms in total. The molecule has 0 aromatic carbocycles. The van der Waals surface area contributed by atoms with E-state index in [1.54, 1.807) is 6.92 Å². The lowest BCUT2D eigenvalue weighted by Crippen LogP contribution is -2.53. The van der Waals surface area contributed by atoms with E-state index in [9.17, 15) is 18.3 Å². The Morgan fingerprint density at radius 2 is 2.09 bits per heavy atom. The zero-order valence-corrected chi connectivity index (χ0v) is 13.8. The Kier molecular flexibility index (Phi) is 5.10. The van der Waals surface area contributed by atoms with Crippen molar-refractivity contribution in [1.82, 2.24) is 8.61 Å². The first-order valence-electron chi connectivity index (χ1n) is 7.67. The summed E-state index contributed by atoms with van der Waals surface area (Å²) in [5.41, 5.74) is 0. The van der Waals surface area contributed by atoms with Crippen LogP contribution in [0.1, 0.15) is 45.4 Å². The van der Waals surface area contributed by atoms with Gasteiger partial charge in [0.05, 0.1) is 12.5 Å². The summed E-state index contributed by atoms with van der Waals surface area (Å²) >= 11 is 0. The fourth-order valence-corrected chi connectivity index (χ4v) is 5.54. The van der Waals surface area contributed by atoms with Gasteiger partial charge in [-0.3, -0.25) is 4.79 Å². The van der Waals surface area contributed by atoms with Crippen LogP contribution in [0.2, 0.25) is 0 Å². The first-order valence-corrected chi connectivity index (χ1v) is 9.06. The van der Waals surface area contributed by atoms with Crippen LogP contribution in [0.3, 0.4) is 0 Å². The molecule has 2 aliphatic rings. The number of fused-ring (bicyclic) bond motifs is 1. The summed E-state index contributed by atoms with van der Waals surface area (Å²) in [4.78, 5) is 11.5. The lowest BCUT2D eigenvalue weighted by atomic mass is 9.85. The summed E-state index contributed by atoms with van der Waals surface area (Å²) in [6.45, 7) is 1.66. The van der Waals surface area contributed by atoms with Crippen molar-refractivity contribution < 1.29 is 18.3 Å². The Balaban J connectivity index is 2.33. The second-order valence-electron chi connectivity index (χ2n) is 6.27. The minimum absolute atomic E-state index is 0.0788. The molecule has 0 bridgehead atoms. The highest BCUT2D eigenvalue weighted by Crippen LogP contribution is 2.42. The van der Waals surface area contributed by atoms with Crippen LogP contribution >= 0.6 is 0 Å². The van der Waals surface area contributed by atoms with Gasteiger partial charge in [0.25, 0.3) is 10.2 Å². The molecule has 0 spiro atoms. The van der Waals surface area contributed by atoms with Crippen LogP contribution in [0.15, 0.2) is 0 Å². The third kappa shape index (κ3) is 2.98. The largest absolute Gasteiger partial charge is 0.480 e. The normalized spacial score (nSPS) is 30.7. The number of carboxylic acid groups (broad SMARTS) is 1. The summed E-state index contributed by atoms with van der Waals surface area (Å²) in [5, 5.41) is 18.2. The van der Waals surface area contributed by atoms with Gasteiger partial charge in [0.1, 0.15) is 6.04 Å². The third-order valence-electron chi connectivity index (χ3n) is 4.95. The Hall–Kier alpha value is -1.17. The molecule has 2 rings (SSSR count). The topological polar surface area (TPSA) is 102 Å². The van der Waals surface area contributed by atoms with Gasteiger partial charge in [-0.1, -0.05) is 12.8 Å². The van der Waals surface area contributed by atoms with Crippen LogP contribution in [-0.4, -0.2) is 53.3 Å². The molecule has 1 aliphatic heterocycles. The predicted molar refractivity (Wildman–Crippen MR) is 80.0 cm³/mol. The minimum Gasteiger partial charge on any atom is -0.480 e. The van der Waals surface area contributed by atoms with Crippen molar-refractivity contribution in [3.8, 4) is 6.07 Å². The van der Waals surface area contributed by atoms with E-state index in [2.05, 4.69) is 0 Å². The molecule has 1 saturated heterocycles. The van der Waals surface area contributed by atoms with Crippen molar-refractivity contribution in [3.63, 3.8) is 0 Å². The summed E-state index contributed by atoms with van der Waals surface area (Å²) in [6.07, 6.45) is 4.03. The van der Waals surface area contributed by atoms with Gasteiger partial charge in [-0.05, 0) is 32.1 Å². The van der Waals surface area contributed by atoms with Gasteiger partial charge >= 0.3 is 5.97 Å². The molecule has 1 N–H and O–H groups in total. The second-order valence-corrected chi connectivity index (χ2v) is 8.16. The molecular weight excluding hydrogens is 306 g/mol. The van der Waals surface area contributed by atoms with Crippen LogP contribution in [-0.2, 0) is 15.0 Å². The molecule has 1 heterocycles. The second kappa shape index (κ2) is 6.52. The molecule has 8 heteroatoms. The van der Waals surface area contributed by atoms with Crippen LogP contribution in [0, 0.1) is 17.2 Å². The van der Waals surface area contributed by atoms with Gasteiger partial charge in [-0.15, -0.1) is 0 Å². The van der Waals surface area contributed by atoms with Crippen molar-refractivity contribution in [2.24, 2.45) is 5.92 Å². The number of carbonyl (C=O) groups is 1. The number of carboxylic acids is 1. The molecular formula is C14H23N3O4S. The van der Waals surface area contributed by atoms with E-state index in [4.69, 9.17) is 5.26 Å². The lowest BCUT2D eigenvalue weighted by Gasteiger charge is -2.36. The van der Waals surface area contributed by atoms with Crippen molar-refractivity contribution in [2.45, 2.75) is 63.6 Å². The summed E-state index contributed by atoms with van der Waals surface area (Å²) in [7, 11) is -2.47. The maximum atomic E-state index is 12.9. The highest BCUT2D eigenvalue weighted by Gasteiger charge is 2.52. The molecule has 0 amide bonds. The smallest absolute Gasteiger partial charge is 0.322 e. The van der Waals surface area contributed by atoms with E-state index < -0.39 is 28.3 Å². The Bertz CT molecular complexity index is 571. The summed E-state index contributed by atoms with van der Waals surface area (Å²) in [6, 6.07) is 0.265. The molecule has 124 valence electrons. The fraction of sp³-hybridized carbons (Fsp3) is 0.857. The van der Waals surface area contributed by atoms with E-state index in [1.165, 1.54) is 11.4 Å². The number of hydrogen-bond donors (Lipinski definition) is 1. The standard InChI is InChI=1S/C14H23N3O4S/c1-10(7-8-15)16(2)22(20,21)17-12-6-4-3-5-11(12)9-13(17)14(18)19/h10-13H,3-7,9H2,1-2H3,(H,18,19). The molecule has 1 saturated carbocycles. The van der Waals surface area contributed by atoms with Crippen LogP contribution in [0.25, 0.3) is 0 Å².